The van der Waals surface area contributed by atoms with Gasteiger partial charge in [0.15, 0.2) is 5.75 Å². The van der Waals surface area contributed by atoms with Gasteiger partial charge in [-0.05, 0) is 19.1 Å². The fraction of sp³-hybridized carbons (Fsp3) is 0.455. The minimum Gasteiger partial charge on any atom is -0.487 e. The third kappa shape index (κ3) is 3.07. The number of hydrogen-bond donors (Lipinski definition) is 1. The fourth-order valence-corrected chi connectivity index (χ4v) is 1.54. The van der Waals surface area contributed by atoms with Crippen LogP contribution in [0.1, 0.15) is 6.92 Å². The third-order valence-electron chi connectivity index (χ3n) is 2.31. The van der Waals surface area contributed by atoms with Crippen molar-refractivity contribution in [2.45, 2.75) is 6.92 Å². The summed E-state index contributed by atoms with van der Waals surface area (Å²) in [6.07, 6.45) is 0. The summed E-state index contributed by atoms with van der Waals surface area (Å²) in [6, 6.07) is 4.90. The number of benzene rings is 1. The van der Waals surface area contributed by atoms with Crippen LogP contribution in [0.3, 0.4) is 0 Å². The quantitative estimate of drug-likeness (QED) is 0.601. The highest BCUT2D eigenvalue weighted by Crippen LogP contribution is 2.36. The van der Waals surface area contributed by atoms with Gasteiger partial charge in [0.2, 0.25) is 0 Å². The van der Waals surface area contributed by atoms with E-state index in [2.05, 4.69) is 0 Å². The number of hydrogen-bond acceptors (Lipinski definition) is 5. The zero-order valence-corrected chi connectivity index (χ0v) is 9.92. The maximum atomic E-state index is 11.1. The van der Waals surface area contributed by atoms with Crippen LogP contribution in [0.5, 0.6) is 5.75 Å². The topological polar surface area (TPSA) is 75.8 Å². The number of nitro groups is 1. The van der Waals surface area contributed by atoms with Crippen LogP contribution < -0.4 is 9.64 Å². The summed E-state index contributed by atoms with van der Waals surface area (Å²) in [5, 5.41) is 19.9. The van der Waals surface area contributed by atoms with Crippen LogP contribution in [0.25, 0.3) is 0 Å². The number of nitrogens with zero attached hydrogens (tertiary/aromatic N) is 2. The summed E-state index contributed by atoms with van der Waals surface area (Å²) in [5.41, 5.74) is 0.375. The lowest BCUT2D eigenvalue weighted by Crippen LogP contribution is -2.22. The number of aliphatic hydroxyl groups excluding tert-OH is 1. The number of ether oxygens (including phenoxy) is 1. The van der Waals surface area contributed by atoms with E-state index in [0.717, 1.165) is 0 Å². The standard InChI is InChI=1S/C11H16N2O4/c1-3-17-10-6-4-5-9(11(10)13(15)16)12(2)7-8-14/h4-6,14H,3,7-8H2,1-2H3. The SMILES string of the molecule is CCOc1cccc(N(C)CCO)c1[N+](=O)[O-]. The van der Waals surface area contributed by atoms with Crippen LogP contribution in [0.15, 0.2) is 18.2 Å². The van der Waals surface area contributed by atoms with Gasteiger partial charge in [0.25, 0.3) is 0 Å². The van der Waals surface area contributed by atoms with Gasteiger partial charge in [0, 0.05) is 13.6 Å². The monoisotopic (exact) mass is 240 g/mol. The van der Waals surface area contributed by atoms with E-state index in [1.54, 1.807) is 37.1 Å². The van der Waals surface area contributed by atoms with E-state index in [-0.39, 0.29) is 18.0 Å². The molecule has 0 atom stereocenters. The van der Waals surface area contributed by atoms with Crippen molar-refractivity contribution >= 4 is 11.4 Å². The molecule has 17 heavy (non-hydrogen) atoms. The molecule has 6 nitrogen and oxygen atoms in total. The van der Waals surface area contributed by atoms with Crippen molar-refractivity contribution in [3.63, 3.8) is 0 Å². The molecule has 1 aromatic rings. The van der Waals surface area contributed by atoms with Gasteiger partial charge < -0.3 is 14.7 Å². The number of para-hydroxylation sites is 1. The first-order valence-electron chi connectivity index (χ1n) is 5.34. The molecule has 0 amide bonds. The minimum atomic E-state index is -0.464. The minimum absolute atomic E-state index is 0.0630. The first-order chi connectivity index (χ1) is 8.11. The van der Waals surface area contributed by atoms with Gasteiger partial charge in [-0.3, -0.25) is 10.1 Å². The molecule has 0 unspecified atom stereocenters. The van der Waals surface area contributed by atoms with Crippen molar-refractivity contribution in [3.8, 4) is 5.75 Å². The molecule has 0 fully saturated rings. The van der Waals surface area contributed by atoms with E-state index in [9.17, 15) is 10.1 Å². The van der Waals surface area contributed by atoms with Gasteiger partial charge in [-0.2, -0.15) is 0 Å². The molecule has 94 valence electrons. The Morgan fingerprint density at radius 3 is 2.76 bits per heavy atom. The summed E-state index contributed by atoms with van der Waals surface area (Å²) in [6.45, 7) is 2.41. The van der Waals surface area contributed by atoms with Crippen molar-refractivity contribution in [1.29, 1.82) is 0 Å². The van der Waals surface area contributed by atoms with E-state index in [4.69, 9.17) is 9.84 Å². The lowest BCUT2D eigenvalue weighted by molar-refractivity contribution is -0.385. The van der Waals surface area contributed by atoms with E-state index in [1.165, 1.54) is 0 Å². The molecule has 0 saturated heterocycles. The van der Waals surface area contributed by atoms with Gasteiger partial charge in [-0.25, -0.2) is 0 Å². The molecule has 0 radical (unpaired) electrons. The van der Waals surface area contributed by atoms with Crippen LogP contribution in [-0.2, 0) is 0 Å². The largest absolute Gasteiger partial charge is 0.487 e. The fourth-order valence-electron chi connectivity index (χ4n) is 1.54. The molecule has 0 aliphatic carbocycles. The van der Waals surface area contributed by atoms with Gasteiger partial charge in [-0.15, -0.1) is 0 Å². The van der Waals surface area contributed by atoms with Gasteiger partial charge in [-0.1, -0.05) is 6.07 Å². The van der Waals surface area contributed by atoms with Crippen molar-refractivity contribution < 1.29 is 14.8 Å². The second kappa shape index (κ2) is 6.05. The molecule has 0 saturated carbocycles. The van der Waals surface area contributed by atoms with Crippen LogP contribution >= 0.6 is 0 Å². The Bertz CT molecular complexity index is 395. The first-order valence-corrected chi connectivity index (χ1v) is 5.34. The normalized spacial score (nSPS) is 10.1. The van der Waals surface area contributed by atoms with Gasteiger partial charge >= 0.3 is 5.69 Å². The predicted molar refractivity (Wildman–Crippen MR) is 64.6 cm³/mol. The molecular formula is C11H16N2O4. The van der Waals surface area contributed by atoms with E-state index in [1.807, 2.05) is 0 Å². The van der Waals surface area contributed by atoms with Crippen molar-refractivity contribution in [1.82, 2.24) is 0 Å². The van der Waals surface area contributed by atoms with Crippen LogP contribution in [0.4, 0.5) is 11.4 Å². The molecule has 0 aliphatic rings. The molecule has 0 spiro atoms. The average Bonchev–Trinajstić information content (AvgIpc) is 2.29. The number of aliphatic hydroxyl groups is 1. The second-order valence-electron chi connectivity index (χ2n) is 3.46. The number of likely N-dealkylation sites (N-methyl/N-ethyl adjacent to an activating group) is 1. The molecule has 1 rings (SSSR count). The highest BCUT2D eigenvalue weighted by Gasteiger charge is 2.22. The van der Waals surface area contributed by atoms with Crippen LogP contribution in [-0.4, -0.2) is 36.8 Å². The number of nitro benzene ring substituents is 1. The molecule has 0 aromatic heterocycles. The van der Waals surface area contributed by atoms with Gasteiger partial charge in [0.05, 0.1) is 18.1 Å². The Morgan fingerprint density at radius 1 is 1.53 bits per heavy atom. The zero-order chi connectivity index (χ0) is 12.8. The number of rotatable bonds is 6. The maximum Gasteiger partial charge on any atom is 0.333 e. The molecule has 0 bridgehead atoms. The molecule has 1 aromatic carbocycles. The molecule has 0 heterocycles. The van der Waals surface area contributed by atoms with Crippen molar-refractivity contribution in [3.05, 3.63) is 28.3 Å². The summed E-state index contributed by atoms with van der Waals surface area (Å²) < 4.78 is 5.24. The van der Waals surface area contributed by atoms with Gasteiger partial charge in [0.1, 0.15) is 5.69 Å². The Morgan fingerprint density at radius 2 is 2.24 bits per heavy atom. The van der Waals surface area contributed by atoms with E-state index >= 15 is 0 Å². The van der Waals surface area contributed by atoms with E-state index < -0.39 is 4.92 Å². The van der Waals surface area contributed by atoms with Crippen molar-refractivity contribution in [2.75, 3.05) is 31.7 Å². The first kappa shape index (κ1) is 13.2. The van der Waals surface area contributed by atoms with Crippen LogP contribution in [0, 0.1) is 10.1 Å². The summed E-state index contributed by atoms with van der Waals surface area (Å²) >= 11 is 0. The molecule has 6 heteroatoms. The van der Waals surface area contributed by atoms with Crippen LogP contribution in [0.2, 0.25) is 0 Å². The smallest absolute Gasteiger partial charge is 0.333 e. The molecule has 1 N–H and O–H groups in total. The van der Waals surface area contributed by atoms with E-state index in [0.29, 0.717) is 18.8 Å². The molecular weight excluding hydrogens is 224 g/mol. The third-order valence-corrected chi connectivity index (χ3v) is 2.31. The summed E-state index contributed by atoms with van der Waals surface area (Å²) in [5.74, 6) is 0.250. The average molecular weight is 240 g/mol. The highest BCUT2D eigenvalue weighted by atomic mass is 16.6. The highest BCUT2D eigenvalue weighted by molar-refractivity contribution is 5.69. The summed E-state index contributed by atoms with van der Waals surface area (Å²) in [7, 11) is 1.69. The lowest BCUT2D eigenvalue weighted by Gasteiger charge is -2.18. The second-order valence-corrected chi connectivity index (χ2v) is 3.46. The Balaban J connectivity index is 3.19. The predicted octanol–water partition coefficient (Wildman–Crippen LogP) is 1.42. The molecule has 0 aliphatic heterocycles. The Hall–Kier alpha value is -1.82. The summed E-state index contributed by atoms with van der Waals surface area (Å²) in [4.78, 5) is 12.2. The Labute approximate surface area is 99.6 Å². The lowest BCUT2D eigenvalue weighted by atomic mass is 10.2. The maximum absolute atomic E-state index is 11.1. The number of anilines is 1. The Kier molecular flexibility index (Phi) is 4.71. The van der Waals surface area contributed by atoms with Crippen molar-refractivity contribution in [2.24, 2.45) is 0 Å². The zero-order valence-electron chi connectivity index (χ0n) is 9.92.